The Morgan fingerprint density at radius 3 is 1.06 bits per heavy atom. The molecule has 2 aromatic rings. The molecule has 0 aliphatic heterocycles. The summed E-state index contributed by atoms with van der Waals surface area (Å²) in [5.74, 6) is 0.926. The molecule has 9 heteroatoms. The number of rotatable bonds is 44. The predicted molar refractivity (Wildman–Crippen MR) is 279 cm³/mol. The molecule has 2 rings (SSSR count). The molecule has 0 bridgehead atoms. The monoisotopic (exact) mass is 910 g/mol. The summed E-state index contributed by atoms with van der Waals surface area (Å²) < 4.78 is 3.31. The number of aromatic hydroxyl groups is 4. The lowest BCUT2D eigenvalue weighted by Crippen LogP contribution is -2.34. The maximum atomic E-state index is 11.4. The Morgan fingerprint density at radius 2 is 0.723 bits per heavy atom. The van der Waals surface area contributed by atoms with Gasteiger partial charge in [0.05, 0.1) is 0 Å². The Balaban J connectivity index is 1.82. The van der Waals surface area contributed by atoms with E-state index in [1.807, 2.05) is 0 Å². The van der Waals surface area contributed by atoms with Crippen LogP contribution in [0.2, 0.25) is 0 Å². The lowest BCUT2D eigenvalue weighted by atomic mass is 9.87. The molecule has 0 saturated carbocycles. The molecule has 65 heavy (non-hydrogen) atoms. The average Bonchev–Trinajstić information content (AvgIpc) is 3.74. The molecule has 2 atom stereocenters. The van der Waals surface area contributed by atoms with E-state index in [-0.39, 0.29) is 35.4 Å². The van der Waals surface area contributed by atoms with E-state index < -0.39 is 0 Å². The van der Waals surface area contributed by atoms with Crippen molar-refractivity contribution < 1.29 is 20.4 Å². The first-order valence-electron chi connectivity index (χ1n) is 27.4. The van der Waals surface area contributed by atoms with Gasteiger partial charge in [-0.25, -0.2) is 0 Å². The first-order chi connectivity index (χ1) is 31.7. The van der Waals surface area contributed by atoms with E-state index in [1.54, 1.807) is 21.3 Å². The summed E-state index contributed by atoms with van der Waals surface area (Å²) in [5.41, 5.74) is 4.35. The number of nitrogens with zero attached hydrogens (tertiary/aromatic N) is 2. The van der Waals surface area contributed by atoms with Crippen molar-refractivity contribution in [2.45, 2.75) is 246 Å². The predicted octanol–water partition coefficient (Wildman–Crippen LogP) is 14.6. The van der Waals surface area contributed by atoms with Crippen LogP contribution in [0.15, 0.2) is 35.4 Å². The second kappa shape index (κ2) is 38.1. The van der Waals surface area contributed by atoms with E-state index in [0.717, 1.165) is 75.8 Å². The summed E-state index contributed by atoms with van der Waals surface area (Å²) in [6.07, 6.45) is 39.3. The van der Waals surface area contributed by atoms with Crippen molar-refractivity contribution >= 4 is 0 Å². The fourth-order valence-corrected chi connectivity index (χ4v) is 9.46. The van der Waals surface area contributed by atoms with Gasteiger partial charge in [-0.05, 0) is 52.4 Å². The standard InChI is InChI=1S/C56H103N5O4/c1-7-11-15-19-23-27-31-35-49(47(5)33-29-25-21-17-13-9-3)51-45-53(62)60(55(51)64)43-41-58-39-37-57-38-40-59-42-44-61-54(63)46-52(56(61)65)50(36-32-28-24-20-16-12-8-2)48(6)34-30-26-22-18-14-10-4/h33-34,45-46,49-50,57-59,62-65H,7-32,35-44H2,1-6H3. The molecule has 9 nitrogen and oxygen atoms in total. The van der Waals surface area contributed by atoms with Gasteiger partial charge in [-0.1, -0.05) is 192 Å². The highest BCUT2D eigenvalue weighted by molar-refractivity contribution is 5.43. The number of unbranched alkanes of at least 4 members (excludes halogenated alkanes) is 22. The van der Waals surface area contributed by atoms with E-state index in [9.17, 15) is 20.4 Å². The van der Waals surface area contributed by atoms with Crippen molar-refractivity contribution in [2.75, 3.05) is 39.3 Å². The van der Waals surface area contributed by atoms with Crippen LogP contribution in [0.3, 0.4) is 0 Å². The molecule has 0 radical (unpaired) electrons. The van der Waals surface area contributed by atoms with Crippen LogP contribution in [0.25, 0.3) is 0 Å². The fraction of sp³-hybridized carbons (Fsp3) is 0.786. The minimum absolute atomic E-state index is 0.125. The highest BCUT2D eigenvalue weighted by Gasteiger charge is 2.24. The molecule has 0 aliphatic rings. The van der Waals surface area contributed by atoms with Crippen LogP contribution < -0.4 is 16.0 Å². The zero-order valence-electron chi connectivity index (χ0n) is 43.1. The number of aromatic nitrogens is 2. The Hall–Kier alpha value is -2.88. The van der Waals surface area contributed by atoms with Gasteiger partial charge < -0.3 is 36.4 Å². The van der Waals surface area contributed by atoms with Crippen molar-refractivity contribution in [2.24, 2.45) is 0 Å². The smallest absolute Gasteiger partial charge is 0.197 e. The van der Waals surface area contributed by atoms with Gasteiger partial charge in [0.1, 0.15) is 0 Å². The maximum Gasteiger partial charge on any atom is 0.197 e. The van der Waals surface area contributed by atoms with Gasteiger partial charge in [0, 0.05) is 87.5 Å². The van der Waals surface area contributed by atoms with Gasteiger partial charge in [-0.2, -0.15) is 0 Å². The van der Waals surface area contributed by atoms with Gasteiger partial charge in [0.25, 0.3) is 0 Å². The highest BCUT2D eigenvalue weighted by Crippen LogP contribution is 2.41. The largest absolute Gasteiger partial charge is 0.494 e. The van der Waals surface area contributed by atoms with Gasteiger partial charge >= 0.3 is 0 Å². The fourth-order valence-electron chi connectivity index (χ4n) is 9.46. The van der Waals surface area contributed by atoms with Crippen molar-refractivity contribution in [1.29, 1.82) is 0 Å². The minimum atomic E-state index is 0.125. The van der Waals surface area contributed by atoms with Crippen LogP contribution in [0, 0.1) is 0 Å². The van der Waals surface area contributed by atoms with Crippen molar-refractivity contribution in [1.82, 2.24) is 25.1 Å². The Kier molecular flexibility index (Phi) is 34.2. The third-order valence-corrected chi connectivity index (χ3v) is 13.7. The Bertz CT molecular complexity index is 1400. The Morgan fingerprint density at radius 1 is 0.431 bits per heavy atom. The number of allylic oxidation sites excluding steroid dienone is 4. The van der Waals surface area contributed by atoms with Crippen molar-refractivity contribution in [3.05, 3.63) is 46.6 Å². The van der Waals surface area contributed by atoms with Crippen LogP contribution in [0.5, 0.6) is 23.5 Å². The molecule has 7 N–H and O–H groups in total. The lowest BCUT2D eigenvalue weighted by molar-refractivity contribution is 0.361. The van der Waals surface area contributed by atoms with Gasteiger partial charge in [0.2, 0.25) is 0 Å². The molecular formula is C56H103N5O4. The summed E-state index contributed by atoms with van der Waals surface area (Å²) in [6.45, 7) is 18.9. The van der Waals surface area contributed by atoms with E-state index >= 15 is 0 Å². The van der Waals surface area contributed by atoms with Crippen LogP contribution in [0.1, 0.15) is 244 Å². The zero-order valence-corrected chi connectivity index (χ0v) is 43.1. The molecule has 0 aromatic carbocycles. The summed E-state index contributed by atoms with van der Waals surface area (Å²) in [7, 11) is 0. The number of hydrogen-bond acceptors (Lipinski definition) is 7. The topological polar surface area (TPSA) is 127 Å². The van der Waals surface area contributed by atoms with Crippen LogP contribution in [0.4, 0.5) is 0 Å². The van der Waals surface area contributed by atoms with Crippen LogP contribution >= 0.6 is 0 Å². The average molecular weight is 910 g/mol. The van der Waals surface area contributed by atoms with E-state index in [4.69, 9.17) is 0 Å². The van der Waals surface area contributed by atoms with E-state index in [0.29, 0.717) is 26.2 Å². The van der Waals surface area contributed by atoms with Gasteiger partial charge in [-0.15, -0.1) is 0 Å². The molecule has 0 saturated heterocycles. The third kappa shape index (κ3) is 24.6. The maximum absolute atomic E-state index is 11.4. The van der Waals surface area contributed by atoms with E-state index in [1.165, 1.54) is 152 Å². The molecule has 0 spiro atoms. The normalized spacial score (nSPS) is 13.3. The molecule has 2 unspecified atom stereocenters. The first kappa shape index (κ1) is 58.2. The van der Waals surface area contributed by atoms with Crippen LogP contribution in [-0.4, -0.2) is 68.8 Å². The molecule has 0 fully saturated rings. The SMILES string of the molecule is CCCCCCCC=C(C)C(CCCCCCCCC)c1cc(O)n(CCNCCNCCNCCn2c(O)cc(C(CCCCCCCCC)C(C)=CCCCCCCC)c2O)c1O. The molecule has 0 aliphatic carbocycles. The quantitative estimate of drug-likeness (QED) is 0.0261. The summed E-state index contributed by atoms with van der Waals surface area (Å²) in [5, 5.41) is 55.1. The molecule has 376 valence electrons. The summed E-state index contributed by atoms with van der Waals surface area (Å²) in [6, 6.07) is 3.61. The Labute approximate surface area is 399 Å². The van der Waals surface area contributed by atoms with Crippen molar-refractivity contribution in [3.63, 3.8) is 0 Å². The first-order valence-corrected chi connectivity index (χ1v) is 27.4. The third-order valence-electron chi connectivity index (χ3n) is 13.7. The van der Waals surface area contributed by atoms with E-state index in [2.05, 4.69) is 69.6 Å². The molecule has 2 heterocycles. The summed E-state index contributed by atoms with van der Waals surface area (Å²) in [4.78, 5) is 0. The number of nitrogens with one attached hydrogen (secondary N) is 3. The zero-order chi connectivity index (χ0) is 47.3. The summed E-state index contributed by atoms with van der Waals surface area (Å²) >= 11 is 0. The minimum Gasteiger partial charge on any atom is -0.494 e. The van der Waals surface area contributed by atoms with Crippen LogP contribution in [-0.2, 0) is 13.1 Å². The molecular weight excluding hydrogens is 807 g/mol. The second-order valence-electron chi connectivity index (χ2n) is 19.3. The second-order valence-corrected chi connectivity index (χ2v) is 19.3. The van der Waals surface area contributed by atoms with Gasteiger partial charge in [0.15, 0.2) is 23.5 Å². The van der Waals surface area contributed by atoms with Gasteiger partial charge in [-0.3, -0.25) is 9.13 Å². The lowest BCUT2D eigenvalue weighted by Gasteiger charge is -2.18. The molecule has 2 aromatic heterocycles. The highest BCUT2D eigenvalue weighted by atomic mass is 16.3. The van der Waals surface area contributed by atoms with Crippen molar-refractivity contribution in [3.8, 4) is 23.5 Å². The number of hydrogen-bond donors (Lipinski definition) is 7. The molecule has 0 amide bonds.